The molecule has 0 unspecified atom stereocenters. The van der Waals surface area contributed by atoms with Crippen LogP contribution in [-0.2, 0) is 11.3 Å². The van der Waals surface area contributed by atoms with Crippen LogP contribution in [-0.4, -0.2) is 19.7 Å². The first-order chi connectivity index (χ1) is 16.0. The van der Waals surface area contributed by atoms with Crippen molar-refractivity contribution in [1.29, 1.82) is 0 Å². The van der Waals surface area contributed by atoms with Crippen LogP contribution in [0.2, 0.25) is 0 Å². The third-order valence-electron chi connectivity index (χ3n) is 5.02. The zero-order valence-electron chi connectivity index (χ0n) is 18.1. The van der Waals surface area contributed by atoms with Crippen LogP contribution in [0.5, 0.6) is 11.5 Å². The van der Waals surface area contributed by atoms with Crippen molar-refractivity contribution < 1.29 is 27.8 Å². The lowest BCUT2D eigenvalue weighted by atomic mass is 10.0. The number of esters is 1. The number of rotatable bonds is 7. The largest absolute Gasteiger partial charge is 0.496 e. The highest BCUT2D eigenvalue weighted by molar-refractivity contribution is 5.98. The molecule has 7 heteroatoms. The van der Waals surface area contributed by atoms with Crippen molar-refractivity contribution >= 4 is 16.9 Å². The van der Waals surface area contributed by atoms with Crippen LogP contribution in [0.25, 0.3) is 22.1 Å². The summed E-state index contributed by atoms with van der Waals surface area (Å²) in [5.41, 5.74) is 1.05. The summed E-state index contributed by atoms with van der Waals surface area (Å²) in [6.07, 6.45) is 0. The van der Waals surface area contributed by atoms with Gasteiger partial charge in [0, 0.05) is 11.6 Å². The van der Waals surface area contributed by atoms with E-state index in [0.717, 1.165) is 5.56 Å². The van der Waals surface area contributed by atoms with Gasteiger partial charge >= 0.3 is 5.97 Å². The van der Waals surface area contributed by atoms with E-state index in [1.807, 2.05) is 0 Å². The number of ether oxygens (including phenoxy) is 3. The number of carbonyl (C=O) groups excluding carboxylic acids is 1. The highest BCUT2D eigenvalue weighted by atomic mass is 19.1. The Morgan fingerprint density at radius 2 is 1.79 bits per heavy atom. The van der Waals surface area contributed by atoms with Crippen LogP contribution in [0.4, 0.5) is 4.39 Å². The Hall–Kier alpha value is -4.13. The summed E-state index contributed by atoms with van der Waals surface area (Å²) < 4.78 is 35.3. The first-order valence-corrected chi connectivity index (χ1v) is 10.3. The van der Waals surface area contributed by atoms with Gasteiger partial charge in [0.2, 0.25) is 11.2 Å². The molecule has 0 saturated carbocycles. The quantitative estimate of drug-likeness (QED) is 0.354. The predicted octanol–water partition coefficient (Wildman–Crippen LogP) is 5.36. The van der Waals surface area contributed by atoms with E-state index in [0.29, 0.717) is 17.1 Å². The Bertz CT molecular complexity index is 1360. The molecule has 4 aromatic rings. The van der Waals surface area contributed by atoms with Crippen molar-refractivity contribution in [1.82, 2.24) is 0 Å². The molecule has 0 aliphatic rings. The lowest BCUT2D eigenvalue weighted by Gasteiger charge is -2.13. The van der Waals surface area contributed by atoms with Crippen molar-refractivity contribution in [2.75, 3.05) is 13.7 Å². The van der Waals surface area contributed by atoms with Gasteiger partial charge < -0.3 is 18.6 Å². The SMILES string of the molecule is CCOC(=O)c1oc2cc(OCc3ccc(F)cc3)ccc2c(=O)c1-c1ccccc1OC. The van der Waals surface area contributed by atoms with Crippen molar-refractivity contribution in [3.8, 4) is 22.6 Å². The Labute approximate surface area is 189 Å². The minimum Gasteiger partial charge on any atom is -0.496 e. The van der Waals surface area contributed by atoms with Crippen LogP contribution in [0.1, 0.15) is 23.0 Å². The molecule has 0 bridgehead atoms. The third kappa shape index (κ3) is 4.57. The molecule has 0 fully saturated rings. The van der Waals surface area contributed by atoms with Crippen molar-refractivity contribution in [2.45, 2.75) is 13.5 Å². The second-order valence-corrected chi connectivity index (χ2v) is 7.13. The fourth-order valence-corrected chi connectivity index (χ4v) is 3.45. The highest BCUT2D eigenvalue weighted by Gasteiger charge is 2.25. The molecule has 4 rings (SSSR count). The van der Waals surface area contributed by atoms with E-state index < -0.39 is 11.4 Å². The topological polar surface area (TPSA) is 75.0 Å². The van der Waals surface area contributed by atoms with Crippen molar-refractivity contribution in [3.05, 3.63) is 94.1 Å². The Balaban J connectivity index is 1.80. The van der Waals surface area contributed by atoms with Gasteiger partial charge in [-0.15, -0.1) is 0 Å². The highest BCUT2D eigenvalue weighted by Crippen LogP contribution is 2.33. The minimum absolute atomic E-state index is 0.0679. The monoisotopic (exact) mass is 448 g/mol. The summed E-state index contributed by atoms with van der Waals surface area (Å²) in [5, 5.41) is 0.276. The second-order valence-electron chi connectivity index (χ2n) is 7.13. The molecule has 168 valence electrons. The number of hydrogen-bond acceptors (Lipinski definition) is 6. The van der Waals surface area contributed by atoms with Crippen molar-refractivity contribution in [3.63, 3.8) is 0 Å². The molecule has 0 atom stereocenters. The molecule has 3 aromatic carbocycles. The summed E-state index contributed by atoms with van der Waals surface area (Å²) in [7, 11) is 1.48. The van der Waals surface area contributed by atoms with Gasteiger partial charge in [0.05, 0.1) is 24.7 Å². The molecular formula is C26H21FO6. The first-order valence-electron chi connectivity index (χ1n) is 10.3. The number of fused-ring (bicyclic) bond motifs is 1. The summed E-state index contributed by atoms with van der Waals surface area (Å²) in [6.45, 7) is 1.98. The number of halogens is 1. The molecule has 0 amide bonds. The van der Waals surface area contributed by atoms with Gasteiger partial charge in [0.25, 0.3) is 0 Å². The van der Waals surface area contributed by atoms with Gasteiger partial charge in [-0.05, 0) is 42.8 Å². The molecule has 1 heterocycles. The van der Waals surface area contributed by atoms with E-state index in [2.05, 4.69) is 0 Å². The van der Waals surface area contributed by atoms with E-state index in [9.17, 15) is 14.0 Å². The van der Waals surface area contributed by atoms with Crippen LogP contribution in [0, 0.1) is 5.82 Å². The number of hydrogen-bond donors (Lipinski definition) is 0. The van der Waals surface area contributed by atoms with Crippen LogP contribution < -0.4 is 14.9 Å². The van der Waals surface area contributed by atoms with Crippen molar-refractivity contribution in [2.24, 2.45) is 0 Å². The third-order valence-corrected chi connectivity index (χ3v) is 5.02. The molecule has 0 spiro atoms. The van der Waals surface area contributed by atoms with Gasteiger partial charge in [0.15, 0.2) is 0 Å². The van der Waals surface area contributed by atoms with Crippen LogP contribution in [0.3, 0.4) is 0 Å². The Morgan fingerprint density at radius 3 is 2.52 bits per heavy atom. The average molecular weight is 448 g/mol. The zero-order chi connectivity index (χ0) is 23.4. The molecule has 0 N–H and O–H groups in total. The molecule has 6 nitrogen and oxygen atoms in total. The maximum atomic E-state index is 13.4. The predicted molar refractivity (Wildman–Crippen MR) is 121 cm³/mol. The summed E-state index contributed by atoms with van der Waals surface area (Å²) in [5.74, 6) is -0.447. The standard InChI is InChI=1S/C26H21FO6/c1-3-31-26(29)25-23(19-6-4-5-7-21(19)30-2)24(28)20-13-12-18(14-22(20)33-25)32-15-16-8-10-17(27)11-9-16/h4-14H,3,15H2,1-2H3. The molecule has 0 radical (unpaired) electrons. The average Bonchev–Trinajstić information content (AvgIpc) is 2.83. The molecule has 33 heavy (non-hydrogen) atoms. The lowest BCUT2D eigenvalue weighted by molar-refractivity contribution is 0.0492. The van der Waals surface area contributed by atoms with E-state index in [4.69, 9.17) is 18.6 Å². The lowest BCUT2D eigenvalue weighted by Crippen LogP contribution is -2.15. The smallest absolute Gasteiger partial charge is 0.375 e. The number of benzene rings is 3. The fourth-order valence-electron chi connectivity index (χ4n) is 3.45. The molecule has 1 aromatic heterocycles. The molecule has 0 saturated heterocycles. The number of carbonyl (C=O) groups is 1. The van der Waals surface area contributed by atoms with Gasteiger partial charge in [0.1, 0.15) is 29.5 Å². The first kappa shape index (κ1) is 22.1. The van der Waals surface area contributed by atoms with E-state index in [1.165, 1.54) is 25.3 Å². The Morgan fingerprint density at radius 1 is 1.03 bits per heavy atom. The zero-order valence-corrected chi connectivity index (χ0v) is 18.1. The summed E-state index contributed by atoms with van der Waals surface area (Å²) in [6, 6.07) is 17.6. The van der Waals surface area contributed by atoms with Gasteiger partial charge in [-0.2, -0.15) is 0 Å². The van der Waals surface area contributed by atoms with E-state index in [-0.39, 0.29) is 41.3 Å². The maximum absolute atomic E-state index is 13.4. The maximum Gasteiger partial charge on any atom is 0.375 e. The van der Waals surface area contributed by atoms with Gasteiger partial charge in [-0.25, -0.2) is 9.18 Å². The number of methoxy groups -OCH3 is 1. The summed E-state index contributed by atoms with van der Waals surface area (Å²) in [4.78, 5) is 26.1. The molecular weight excluding hydrogens is 427 g/mol. The minimum atomic E-state index is -0.755. The fraction of sp³-hybridized carbons (Fsp3) is 0.154. The van der Waals surface area contributed by atoms with Gasteiger partial charge in [-0.1, -0.05) is 30.3 Å². The van der Waals surface area contributed by atoms with E-state index in [1.54, 1.807) is 55.5 Å². The molecule has 0 aliphatic carbocycles. The normalized spacial score (nSPS) is 10.8. The second kappa shape index (κ2) is 9.56. The Kier molecular flexibility index (Phi) is 6.40. The van der Waals surface area contributed by atoms with Gasteiger partial charge in [-0.3, -0.25) is 4.79 Å². The van der Waals surface area contributed by atoms with Crippen LogP contribution in [0.15, 0.2) is 75.9 Å². The van der Waals surface area contributed by atoms with Crippen LogP contribution >= 0.6 is 0 Å². The number of para-hydroxylation sites is 1. The van der Waals surface area contributed by atoms with E-state index >= 15 is 0 Å². The summed E-state index contributed by atoms with van der Waals surface area (Å²) >= 11 is 0. The molecule has 0 aliphatic heterocycles.